The Hall–Kier alpha value is -2.07. The lowest BCUT2D eigenvalue weighted by Gasteiger charge is -2.27. The highest BCUT2D eigenvalue weighted by atomic mass is 32.1. The number of hydrogen-bond acceptors (Lipinski definition) is 4. The second-order valence-corrected chi connectivity index (χ2v) is 6.86. The van der Waals surface area contributed by atoms with Crippen LogP contribution >= 0.6 is 11.3 Å². The summed E-state index contributed by atoms with van der Waals surface area (Å²) < 4.78 is 1.28. The van der Waals surface area contributed by atoms with E-state index in [-0.39, 0.29) is 0 Å². The maximum absolute atomic E-state index is 4.75. The van der Waals surface area contributed by atoms with Gasteiger partial charge in [-0.25, -0.2) is 4.98 Å². The maximum atomic E-state index is 4.75. The average Bonchev–Trinajstić information content (AvgIpc) is 2.94. The molecule has 2 heterocycles. The molecule has 112 valence electrons. The zero-order valence-corrected chi connectivity index (χ0v) is 13.5. The Bertz CT molecular complexity index is 795. The number of rotatable bonds is 3. The van der Waals surface area contributed by atoms with Gasteiger partial charge in [0.1, 0.15) is 0 Å². The fourth-order valence-corrected chi connectivity index (χ4v) is 3.94. The smallest absolute Gasteiger partial charge is 0.184 e. The molecule has 3 nitrogen and oxygen atoms in total. The number of benzene rings is 2. The highest BCUT2D eigenvalue weighted by molar-refractivity contribution is 7.22. The van der Waals surface area contributed by atoms with E-state index in [1.165, 1.54) is 34.4 Å². The van der Waals surface area contributed by atoms with Crippen LogP contribution in [0, 0.1) is 0 Å². The Labute approximate surface area is 134 Å². The van der Waals surface area contributed by atoms with Gasteiger partial charge in [0.15, 0.2) is 5.13 Å². The molecule has 0 aliphatic carbocycles. The van der Waals surface area contributed by atoms with Crippen LogP contribution in [0.3, 0.4) is 0 Å². The second-order valence-electron chi connectivity index (χ2n) is 5.83. The van der Waals surface area contributed by atoms with Crippen LogP contribution in [0.25, 0.3) is 10.2 Å². The predicted octanol–water partition coefficient (Wildman–Crippen LogP) is 4.29. The van der Waals surface area contributed by atoms with Crippen molar-refractivity contribution in [3.8, 4) is 0 Å². The van der Waals surface area contributed by atoms with E-state index in [0.29, 0.717) is 0 Å². The molecule has 0 saturated carbocycles. The maximum Gasteiger partial charge on any atom is 0.184 e. The van der Waals surface area contributed by atoms with Crippen molar-refractivity contribution < 1.29 is 0 Å². The molecule has 0 radical (unpaired) electrons. The molecule has 0 saturated heterocycles. The zero-order valence-electron chi connectivity index (χ0n) is 12.7. The first kappa shape index (κ1) is 13.6. The van der Waals surface area contributed by atoms with Crippen molar-refractivity contribution in [2.24, 2.45) is 0 Å². The van der Waals surface area contributed by atoms with Gasteiger partial charge in [0.05, 0.1) is 10.2 Å². The fraction of sp³-hybridized carbons (Fsp3) is 0.278. The molecule has 0 bridgehead atoms. The lowest BCUT2D eigenvalue weighted by Crippen LogP contribution is -2.24. The highest BCUT2D eigenvalue weighted by Crippen LogP contribution is 2.34. The molecule has 3 aromatic rings. The topological polar surface area (TPSA) is 28.2 Å². The molecule has 0 amide bonds. The van der Waals surface area contributed by atoms with Crippen LogP contribution in [0.15, 0.2) is 42.5 Å². The van der Waals surface area contributed by atoms with Crippen LogP contribution in [0.1, 0.15) is 17.5 Å². The molecule has 4 heteroatoms. The molecular weight excluding hydrogens is 290 g/mol. The van der Waals surface area contributed by atoms with E-state index in [4.69, 9.17) is 4.98 Å². The number of anilines is 2. The highest BCUT2D eigenvalue weighted by Gasteiger charge is 2.16. The van der Waals surface area contributed by atoms with Gasteiger partial charge < -0.3 is 10.2 Å². The van der Waals surface area contributed by atoms with Crippen molar-refractivity contribution in [2.75, 3.05) is 23.8 Å². The molecule has 4 rings (SSSR count). The zero-order chi connectivity index (χ0) is 14.9. The third kappa shape index (κ3) is 2.55. The molecular formula is C18H19N3S. The third-order valence-corrected chi connectivity index (χ3v) is 5.20. The molecule has 1 aromatic heterocycles. The van der Waals surface area contributed by atoms with Gasteiger partial charge in [0.25, 0.3) is 0 Å². The largest absolute Gasteiger partial charge is 0.374 e. The van der Waals surface area contributed by atoms with Crippen LogP contribution in [0.4, 0.5) is 10.8 Å². The average molecular weight is 309 g/mol. The van der Waals surface area contributed by atoms with E-state index in [0.717, 1.165) is 23.7 Å². The first-order chi connectivity index (χ1) is 10.8. The molecule has 2 aromatic carbocycles. The second kappa shape index (κ2) is 5.61. The monoisotopic (exact) mass is 309 g/mol. The van der Waals surface area contributed by atoms with Crippen LogP contribution in [-0.4, -0.2) is 18.6 Å². The Morgan fingerprint density at radius 1 is 1.23 bits per heavy atom. The lowest BCUT2D eigenvalue weighted by atomic mass is 10.0. The van der Waals surface area contributed by atoms with Crippen molar-refractivity contribution in [1.29, 1.82) is 0 Å². The lowest BCUT2D eigenvalue weighted by molar-refractivity contribution is 0.746. The van der Waals surface area contributed by atoms with Gasteiger partial charge in [0, 0.05) is 25.8 Å². The van der Waals surface area contributed by atoms with Crippen LogP contribution in [0.2, 0.25) is 0 Å². The Morgan fingerprint density at radius 3 is 2.95 bits per heavy atom. The minimum atomic E-state index is 0.820. The molecule has 22 heavy (non-hydrogen) atoms. The molecule has 0 spiro atoms. The number of nitrogens with one attached hydrogen (secondary N) is 1. The van der Waals surface area contributed by atoms with E-state index < -0.39 is 0 Å². The summed E-state index contributed by atoms with van der Waals surface area (Å²) in [6.45, 7) is 1.96. The van der Waals surface area contributed by atoms with Gasteiger partial charge >= 0.3 is 0 Å². The van der Waals surface area contributed by atoms with Gasteiger partial charge in [-0.15, -0.1) is 0 Å². The number of thiazole rings is 1. The van der Waals surface area contributed by atoms with Crippen LogP contribution < -0.4 is 10.2 Å². The number of nitrogens with zero attached hydrogens (tertiary/aromatic N) is 2. The summed E-state index contributed by atoms with van der Waals surface area (Å²) in [5, 5.41) is 4.45. The first-order valence-corrected chi connectivity index (χ1v) is 8.54. The van der Waals surface area contributed by atoms with E-state index in [2.05, 4.69) is 53.7 Å². The van der Waals surface area contributed by atoms with Crippen LogP contribution in [-0.2, 0) is 13.0 Å². The van der Waals surface area contributed by atoms with Crippen molar-refractivity contribution in [1.82, 2.24) is 4.98 Å². The SMILES string of the molecule is CN1CCCc2cc3sc(NCc4ccccc4)nc3cc21. The molecule has 0 atom stereocenters. The summed E-state index contributed by atoms with van der Waals surface area (Å²) in [5.41, 5.74) is 5.19. The van der Waals surface area contributed by atoms with E-state index in [1.54, 1.807) is 11.3 Å². The summed E-state index contributed by atoms with van der Waals surface area (Å²) >= 11 is 1.75. The van der Waals surface area contributed by atoms with Crippen molar-refractivity contribution in [3.05, 3.63) is 53.6 Å². The Balaban J connectivity index is 1.60. The van der Waals surface area contributed by atoms with E-state index in [1.807, 2.05) is 6.07 Å². The number of aryl methyl sites for hydroxylation is 1. The molecule has 1 aliphatic rings. The van der Waals surface area contributed by atoms with Gasteiger partial charge in [-0.2, -0.15) is 0 Å². The number of fused-ring (bicyclic) bond motifs is 2. The normalized spacial score (nSPS) is 14.1. The van der Waals surface area contributed by atoms with E-state index in [9.17, 15) is 0 Å². The number of hydrogen-bond donors (Lipinski definition) is 1. The predicted molar refractivity (Wildman–Crippen MR) is 95.0 cm³/mol. The fourth-order valence-electron chi connectivity index (χ4n) is 3.04. The molecule has 0 unspecified atom stereocenters. The summed E-state index contributed by atoms with van der Waals surface area (Å²) in [7, 11) is 2.17. The van der Waals surface area contributed by atoms with Crippen molar-refractivity contribution in [2.45, 2.75) is 19.4 Å². The van der Waals surface area contributed by atoms with Crippen LogP contribution in [0.5, 0.6) is 0 Å². The molecule has 1 aliphatic heterocycles. The van der Waals surface area contributed by atoms with Gasteiger partial charge in [-0.3, -0.25) is 0 Å². The summed E-state index contributed by atoms with van der Waals surface area (Å²) in [6.07, 6.45) is 2.42. The number of aromatic nitrogens is 1. The Morgan fingerprint density at radius 2 is 2.09 bits per heavy atom. The minimum absolute atomic E-state index is 0.820. The molecule has 0 fully saturated rings. The molecule has 1 N–H and O–H groups in total. The van der Waals surface area contributed by atoms with Crippen molar-refractivity contribution in [3.63, 3.8) is 0 Å². The Kier molecular flexibility index (Phi) is 3.47. The van der Waals surface area contributed by atoms with Gasteiger partial charge in [-0.1, -0.05) is 41.7 Å². The van der Waals surface area contributed by atoms with E-state index >= 15 is 0 Å². The standard InChI is InChI=1S/C18H19N3S/c1-21-9-5-8-14-10-17-15(11-16(14)21)20-18(22-17)19-12-13-6-3-2-4-7-13/h2-4,6-7,10-11H,5,8-9,12H2,1H3,(H,19,20). The minimum Gasteiger partial charge on any atom is -0.374 e. The summed E-state index contributed by atoms with van der Waals surface area (Å²) in [6, 6.07) is 15.0. The summed E-state index contributed by atoms with van der Waals surface area (Å²) in [5.74, 6) is 0. The third-order valence-electron chi connectivity index (χ3n) is 4.23. The quantitative estimate of drug-likeness (QED) is 0.782. The first-order valence-electron chi connectivity index (χ1n) is 7.72. The van der Waals surface area contributed by atoms with Gasteiger partial charge in [-0.05, 0) is 36.1 Å². The van der Waals surface area contributed by atoms with Crippen molar-refractivity contribution >= 4 is 32.4 Å². The summed E-state index contributed by atoms with van der Waals surface area (Å²) in [4.78, 5) is 7.09. The van der Waals surface area contributed by atoms with Gasteiger partial charge in [0.2, 0.25) is 0 Å².